The first-order valence-electron chi connectivity index (χ1n) is 10.5. The van der Waals surface area contributed by atoms with Gasteiger partial charge in [0.25, 0.3) is 5.91 Å². The van der Waals surface area contributed by atoms with Crippen LogP contribution in [-0.2, 0) is 25.5 Å². The fourth-order valence-electron chi connectivity index (χ4n) is 3.51. The Kier molecular flexibility index (Phi) is 10.9. The van der Waals surface area contributed by atoms with E-state index in [9.17, 15) is 14.4 Å². The minimum Gasteiger partial charge on any atom is -0.483 e. The Morgan fingerprint density at radius 1 is 1.23 bits per heavy atom. The van der Waals surface area contributed by atoms with Crippen molar-refractivity contribution in [2.75, 3.05) is 14.2 Å². The number of hydrogen-bond donors (Lipinski definition) is 1. The lowest BCUT2D eigenvalue weighted by Crippen LogP contribution is -2.60. The standard InChI is InChI=1S/C23H35N3O4S/c1-7-11-20(28)26(22(29)23(24,15-16(2)3)31-17(4)27)19(21(25-5)30-6)14-18-12-9-8-10-13-18/h8-10,12-13,16,19H,7,11,14-15,24H2,1-6H3/t19-,23+/m0/s1. The number of ether oxygens (including phenoxy) is 1. The molecule has 0 unspecified atom stereocenters. The molecule has 0 bridgehead atoms. The SMILES string of the molecule is CCCC(=O)N(C(=O)[C@@](N)(CC(C)C)SC(C)=O)[C@@H](Cc1ccccc1)C(=NC)OC. The van der Waals surface area contributed by atoms with Gasteiger partial charge in [-0.15, -0.1) is 0 Å². The zero-order valence-electron chi connectivity index (χ0n) is 19.4. The molecule has 0 aliphatic carbocycles. The van der Waals surface area contributed by atoms with Gasteiger partial charge in [-0.1, -0.05) is 62.9 Å². The Morgan fingerprint density at radius 3 is 2.29 bits per heavy atom. The van der Waals surface area contributed by atoms with Crippen molar-refractivity contribution in [3.63, 3.8) is 0 Å². The number of amides is 2. The van der Waals surface area contributed by atoms with Crippen molar-refractivity contribution in [3.8, 4) is 0 Å². The molecule has 1 aromatic rings. The third-order valence-electron chi connectivity index (χ3n) is 4.65. The minimum absolute atomic E-state index is 0.0400. The minimum atomic E-state index is -1.56. The van der Waals surface area contributed by atoms with E-state index in [0.717, 1.165) is 17.3 Å². The molecule has 0 aliphatic rings. The normalized spacial score (nSPS) is 14.6. The van der Waals surface area contributed by atoms with Crippen molar-refractivity contribution in [2.24, 2.45) is 16.6 Å². The summed E-state index contributed by atoms with van der Waals surface area (Å²) in [5.41, 5.74) is 7.43. The van der Waals surface area contributed by atoms with Gasteiger partial charge in [-0.05, 0) is 24.3 Å². The Morgan fingerprint density at radius 2 is 1.84 bits per heavy atom. The second-order valence-electron chi connectivity index (χ2n) is 7.87. The van der Waals surface area contributed by atoms with E-state index in [-0.39, 0.29) is 35.7 Å². The van der Waals surface area contributed by atoms with E-state index in [0.29, 0.717) is 12.8 Å². The Bertz CT molecular complexity index is 782. The van der Waals surface area contributed by atoms with Crippen LogP contribution in [0.1, 0.15) is 52.5 Å². The summed E-state index contributed by atoms with van der Waals surface area (Å²) in [7, 11) is 3.01. The van der Waals surface area contributed by atoms with Crippen LogP contribution in [0.3, 0.4) is 0 Å². The quantitative estimate of drug-likeness (QED) is 0.334. The summed E-state index contributed by atoms with van der Waals surface area (Å²) in [5, 5.41) is -0.282. The maximum absolute atomic E-state index is 13.8. The van der Waals surface area contributed by atoms with Gasteiger partial charge < -0.3 is 10.5 Å². The number of hydrogen-bond acceptors (Lipinski definition) is 7. The Balaban J connectivity index is 3.56. The second-order valence-corrected chi connectivity index (χ2v) is 9.38. The van der Waals surface area contributed by atoms with Crippen molar-refractivity contribution in [2.45, 2.75) is 64.3 Å². The molecule has 0 saturated carbocycles. The van der Waals surface area contributed by atoms with E-state index in [1.54, 1.807) is 7.05 Å². The number of methoxy groups -OCH3 is 1. The average Bonchev–Trinajstić information content (AvgIpc) is 2.68. The summed E-state index contributed by atoms with van der Waals surface area (Å²) < 4.78 is 5.46. The zero-order chi connectivity index (χ0) is 23.6. The van der Waals surface area contributed by atoms with Crippen molar-refractivity contribution in [1.82, 2.24) is 4.90 Å². The molecule has 0 aromatic heterocycles. The molecule has 2 N–H and O–H groups in total. The van der Waals surface area contributed by atoms with Gasteiger partial charge in [-0.3, -0.25) is 24.3 Å². The Labute approximate surface area is 189 Å². The lowest BCUT2D eigenvalue weighted by atomic mass is 9.99. The van der Waals surface area contributed by atoms with Gasteiger partial charge in [0.1, 0.15) is 10.9 Å². The highest BCUT2D eigenvalue weighted by atomic mass is 32.2. The highest BCUT2D eigenvalue weighted by Crippen LogP contribution is 2.32. The molecule has 7 nitrogen and oxygen atoms in total. The third kappa shape index (κ3) is 7.78. The summed E-state index contributed by atoms with van der Waals surface area (Å²) in [6, 6.07) is 8.73. The van der Waals surface area contributed by atoms with Crippen LogP contribution >= 0.6 is 11.8 Å². The van der Waals surface area contributed by atoms with E-state index >= 15 is 0 Å². The van der Waals surface area contributed by atoms with Crippen LogP contribution in [0.2, 0.25) is 0 Å². The molecular weight excluding hydrogens is 414 g/mol. The number of carbonyl (C=O) groups excluding carboxylic acids is 3. The van der Waals surface area contributed by atoms with Gasteiger partial charge in [0, 0.05) is 26.8 Å². The fraction of sp³-hybridized carbons (Fsp3) is 0.565. The average molecular weight is 450 g/mol. The van der Waals surface area contributed by atoms with E-state index in [4.69, 9.17) is 10.5 Å². The van der Waals surface area contributed by atoms with Gasteiger partial charge in [0.05, 0.1) is 7.11 Å². The largest absolute Gasteiger partial charge is 0.483 e. The first-order valence-corrected chi connectivity index (χ1v) is 11.3. The predicted octanol–water partition coefficient (Wildman–Crippen LogP) is 3.41. The van der Waals surface area contributed by atoms with Crippen molar-refractivity contribution in [1.29, 1.82) is 0 Å². The van der Waals surface area contributed by atoms with Crippen molar-refractivity contribution < 1.29 is 19.1 Å². The van der Waals surface area contributed by atoms with Crippen LogP contribution < -0.4 is 5.73 Å². The third-order valence-corrected chi connectivity index (χ3v) is 5.64. The molecule has 0 radical (unpaired) electrons. The summed E-state index contributed by atoms with van der Waals surface area (Å²) in [6.07, 6.45) is 1.30. The highest BCUT2D eigenvalue weighted by Gasteiger charge is 2.45. The van der Waals surface area contributed by atoms with Gasteiger partial charge in [-0.25, -0.2) is 0 Å². The van der Waals surface area contributed by atoms with Crippen LogP contribution in [0, 0.1) is 5.92 Å². The Hall–Kier alpha value is -2.19. The molecule has 172 valence electrons. The van der Waals surface area contributed by atoms with E-state index < -0.39 is 16.8 Å². The van der Waals surface area contributed by atoms with Crippen LogP contribution in [0.4, 0.5) is 0 Å². The predicted molar refractivity (Wildman–Crippen MR) is 126 cm³/mol. The summed E-state index contributed by atoms with van der Waals surface area (Å²) in [4.78, 5) is 42.8. The van der Waals surface area contributed by atoms with Gasteiger partial charge in [0.15, 0.2) is 5.12 Å². The lowest BCUT2D eigenvalue weighted by Gasteiger charge is -2.37. The van der Waals surface area contributed by atoms with E-state index in [1.807, 2.05) is 51.1 Å². The first kappa shape index (κ1) is 26.8. The van der Waals surface area contributed by atoms with Crippen molar-refractivity contribution in [3.05, 3.63) is 35.9 Å². The number of benzene rings is 1. The van der Waals surface area contributed by atoms with Crippen LogP contribution in [0.5, 0.6) is 0 Å². The topological polar surface area (TPSA) is 102 Å². The first-order chi connectivity index (χ1) is 14.6. The molecule has 0 heterocycles. The van der Waals surface area contributed by atoms with Crippen LogP contribution in [0.15, 0.2) is 35.3 Å². The summed E-state index contributed by atoms with van der Waals surface area (Å²) in [5.74, 6) is -0.673. The number of nitrogens with two attached hydrogens (primary N) is 1. The van der Waals surface area contributed by atoms with Crippen LogP contribution in [0.25, 0.3) is 0 Å². The number of imide groups is 1. The summed E-state index contributed by atoms with van der Waals surface area (Å²) >= 11 is 0.768. The monoisotopic (exact) mass is 449 g/mol. The number of thioether (sulfide) groups is 1. The maximum atomic E-state index is 13.8. The molecule has 0 aliphatic heterocycles. The van der Waals surface area contributed by atoms with Gasteiger partial charge in [-0.2, -0.15) is 0 Å². The molecule has 2 atom stereocenters. The lowest BCUT2D eigenvalue weighted by molar-refractivity contribution is -0.148. The molecule has 8 heteroatoms. The fourth-order valence-corrected chi connectivity index (χ4v) is 4.62. The maximum Gasteiger partial charge on any atom is 0.260 e. The molecule has 1 rings (SSSR count). The molecular formula is C23H35N3O4S. The van der Waals surface area contributed by atoms with Crippen molar-refractivity contribution >= 4 is 34.6 Å². The number of carbonyl (C=O) groups is 3. The summed E-state index contributed by atoms with van der Waals surface area (Å²) in [6.45, 7) is 7.08. The van der Waals surface area contributed by atoms with Gasteiger partial charge >= 0.3 is 0 Å². The molecule has 31 heavy (non-hydrogen) atoms. The number of nitrogens with zero attached hydrogens (tertiary/aromatic N) is 2. The molecule has 0 spiro atoms. The molecule has 2 amide bonds. The molecule has 0 saturated heterocycles. The van der Waals surface area contributed by atoms with Gasteiger partial charge in [0.2, 0.25) is 11.8 Å². The number of aliphatic imine (C=N–C) groups is 1. The highest BCUT2D eigenvalue weighted by molar-refractivity contribution is 8.15. The van der Waals surface area contributed by atoms with E-state index in [2.05, 4.69) is 4.99 Å². The molecule has 1 aromatic carbocycles. The van der Waals surface area contributed by atoms with E-state index in [1.165, 1.54) is 18.9 Å². The number of rotatable bonds is 10. The molecule has 0 fully saturated rings. The van der Waals surface area contributed by atoms with Crippen LogP contribution in [-0.4, -0.2) is 52.8 Å². The zero-order valence-corrected chi connectivity index (χ0v) is 20.2. The smallest absolute Gasteiger partial charge is 0.260 e. The second kappa shape index (κ2) is 12.6.